The van der Waals surface area contributed by atoms with Crippen molar-refractivity contribution in [2.45, 2.75) is 13.0 Å². The van der Waals surface area contributed by atoms with Crippen molar-refractivity contribution >= 4 is 5.82 Å². The summed E-state index contributed by atoms with van der Waals surface area (Å²) in [5.74, 6) is 0.934. The van der Waals surface area contributed by atoms with Gasteiger partial charge in [0.15, 0.2) is 0 Å². The van der Waals surface area contributed by atoms with Crippen LogP contribution < -0.4 is 10.2 Å². The average molecular weight is 237 g/mol. The molecule has 1 aromatic rings. The molecule has 17 heavy (non-hydrogen) atoms. The highest BCUT2D eigenvalue weighted by atomic mass is 15.2. The Morgan fingerprint density at radius 2 is 1.88 bits per heavy atom. The Morgan fingerprint density at radius 3 is 2.41 bits per heavy atom. The van der Waals surface area contributed by atoms with Crippen LogP contribution in [0, 0.1) is 0 Å². The number of aromatic nitrogens is 2. The van der Waals surface area contributed by atoms with E-state index in [1.54, 1.807) is 0 Å². The first-order valence-corrected chi connectivity index (χ1v) is 5.95. The van der Waals surface area contributed by atoms with Gasteiger partial charge in [0.05, 0.1) is 18.1 Å². The molecule has 0 radical (unpaired) electrons. The van der Waals surface area contributed by atoms with Crippen LogP contribution in [0.1, 0.15) is 12.1 Å². The molecule has 0 unspecified atom stereocenters. The van der Waals surface area contributed by atoms with Gasteiger partial charge in [-0.3, -0.25) is 4.98 Å². The average Bonchev–Trinajstić information content (AvgIpc) is 2.30. The molecule has 0 amide bonds. The minimum atomic E-state index is 0.762. The third-order valence-corrected chi connectivity index (χ3v) is 2.54. The first-order valence-electron chi connectivity index (χ1n) is 5.95. The maximum absolute atomic E-state index is 4.40. The van der Waals surface area contributed by atoms with Gasteiger partial charge in [-0.2, -0.15) is 0 Å². The molecule has 0 aliphatic rings. The number of anilines is 1. The van der Waals surface area contributed by atoms with Gasteiger partial charge in [-0.1, -0.05) is 0 Å². The predicted octanol–water partition coefficient (Wildman–Crippen LogP) is 0.584. The van der Waals surface area contributed by atoms with E-state index in [2.05, 4.69) is 46.2 Å². The quantitative estimate of drug-likeness (QED) is 0.751. The highest BCUT2D eigenvalue weighted by Crippen LogP contribution is 2.07. The van der Waals surface area contributed by atoms with Gasteiger partial charge in [0.25, 0.3) is 0 Å². The van der Waals surface area contributed by atoms with E-state index in [-0.39, 0.29) is 0 Å². The Kier molecular flexibility index (Phi) is 5.86. The maximum Gasteiger partial charge on any atom is 0.146 e. The molecule has 96 valence electrons. The largest absolute Gasteiger partial charge is 0.358 e. The molecule has 0 spiro atoms. The van der Waals surface area contributed by atoms with Gasteiger partial charge >= 0.3 is 0 Å². The van der Waals surface area contributed by atoms with Crippen molar-refractivity contribution in [1.29, 1.82) is 0 Å². The van der Waals surface area contributed by atoms with Crippen LogP contribution in [0.2, 0.25) is 0 Å². The second kappa shape index (κ2) is 7.19. The van der Waals surface area contributed by atoms with E-state index >= 15 is 0 Å². The fourth-order valence-corrected chi connectivity index (χ4v) is 1.56. The van der Waals surface area contributed by atoms with Crippen molar-refractivity contribution in [3.05, 3.63) is 18.1 Å². The lowest BCUT2D eigenvalue weighted by Crippen LogP contribution is -2.24. The second-order valence-corrected chi connectivity index (χ2v) is 4.47. The van der Waals surface area contributed by atoms with E-state index in [0.717, 1.165) is 37.6 Å². The van der Waals surface area contributed by atoms with Crippen LogP contribution in [0.25, 0.3) is 0 Å². The Labute approximate surface area is 104 Å². The molecule has 1 heterocycles. The van der Waals surface area contributed by atoms with Crippen LogP contribution in [0.3, 0.4) is 0 Å². The lowest BCUT2D eigenvalue weighted by Gasteiger charge is -2.19. The zero-order chi connectivity index (χ0) is 12.7. The molecule has 0 fully saturated rings. The molecule has 0 aromatic carbocycles. The van der Waals surface area contributed by atoms with Crippen LogP contribution in [-0.4, -0.2) is 56.1 Å². The summed E-state index contributed by atoms with van der Waals surface area (Å²) in [6.45, 7) is 2.85. The van der Waals surface area contributed by atoms with Gasteiger partial charge in [0.2, 0.25) is 0 Å². The summed E-state index contributed by atoms with van der Waals surface area (Å²) >= 11 is 0. The summed E-state index contributed by atoms with van der Waals surface area (Å²) in [6, 6.07) is 0. The van der Waals surface area contributed by atoms with Crippen LogP contribution in [-0.2, 0) is 6.54 Å². The number of nitrogens with zero attached hydrogens (tertiary/aromatic N) is 4. The Morgan fingerprint density at radius 1 is 1.12 bits per heavy atom. The molecule has 0 aliphatic carbocycles. The zero-order valence-electron chi connectivity index (χ0n) is 11.3. The standard InChI is InChI=1S/C12H23N5/c1-13-8-11-9-15-12(10-14-11)17(4)7-5-6-16(2)3/h9-10,13H,5-8H2,1-4H3. The lowest BCUT2D eigenvalue weighted by molar-refractivity contribution is 0.401. The van der Waals surface area contributed by atoms with Crippen molar-refractivity contribution in [2.75, 3.05) is 46.2 Å². The van der Waals surface area contributed by atoms with Crippen molar-refractivity contribution in [1.82, 2.24) is 20.2 Å². The SMILES string of the molecule is CNCc1cnc(N(C)CCCN(C)C)cn1. The van der Waals surface area contributed by atoms with Gasteiger partial charge < -0.3 is 15.1 Å². The van der Waals surface area contributed by atoms with Crippen molar-refractivity contribution in [3.8, 4) is 0 Å². The lowest BCUT2D eigenvalue weighted by atomic mass is 10.3. The summed E-state index contributed by atoms with van der Waals surface area (Å²) in [6.07, 6.45) is 4.79. The minimum Gasteiger partial charge on any atom is -0.358 e. The van der Waals surface area contributed by atoms with E-state index in [9.17, 15) is 0 Å². The summed E-state index contributed by atoms with van der Waals surface area (Å²) in [5, 5.41) is 3.06. The van der Waals surface area contributed by atoms with E-state index in [4.69, 9.17) is 0 Å². The zero-order valence-corrected chi connectivity index (χ0v) is 11.3. The minimum absolute atomic E-state index is 0.762. The van der Waals surface area contributed by atoms with E-state index < -0.39 is 0 Å². The third-order valence-electron chi connectivity index (χ3n) is 2.54. The van der Waals surface area contributed by atoms with Crippen LogP contribution in [0.15, 0.2) is 12.4 Å². The first-order chi connectivity index (χ1) is 8.13. The van der Waals surface area contributed by atoms with Crippen LogP contribution in [0.4, 0.5) is 5.82 Å². The van der Waals surface area contributed by atoms with E-state index in [0.29, 0.717) is 0 Å². The molecule has 1 rings (SSSR count). The fraction of sp³-hybridized carbons (Fsp3) is 0.667. The van der Waals surface area contributed by atoms with Gasteiger partial charge in [-0.05, 0) is 34.1 Å². The van der Waals surface area contributed by atoms with Crippen molar-refractivity contribution < 1.29 is 0 Å². The van der Waals surface area contributed by atoms with E-state index in [1.807, 2.05) is 19.4 Å². The molecule has 0 saturated carbocycles. The molecule has 1 aromatic heterocycles. The smallest absolute Gasteiger partial charge is 0.146 e. The number of nitrogens with one attached hydrogen (secondary N) is 1. The first kappa shape index (κ1) is 13.9. The van der Waals surface area contributed by atoms with Crippen LogP contribution in [0.5, 0.6) is 0 Å². The normalized spacial score (nSPS) is 10.9. The highest BCUT2D eigenvalue weighted by Gasteiger charge is 2.03. The molecule has 0 atom stereocenters. The van der Waals surface area contributed by atoms with Crippen molar-refractivity contribution in [2.24, 2.45) is 0 Å². The molecule has 0 bridgehead atoms. The van der Waals surface area contributed by atoms with Gasteiger partial charge in [0, 0.05) is 20.1 Å². The summed E-state index contributed by atoms with van der Waals surface area (Å²) in [4.78, 5) is 13.1. The van der Waals surface area contributed by atoms with E-state index in [1.165, 1.54) is 0 Å². The molecule has 5 nitrogen and oxygen atoms in total. The number of rotatable bonds is 7. The topological polar surface area (TPSA) is 44.3 Å². The summed E-state index contributed by atoms with van der Waals surface area (Å²) in [5.41, 5.74) is 0.970. The van der Waals surface area contributed by atoms with Gasteiger partial charge in [0.1, 0.15) is 5.82 Å². The third kappa shape index (κ3) is 5.10. The molecule has 0 aliphatic heterocycles. The van der Waals surface area contributed by atoms with Crippen molar-refractivity contribution in [3.63, 3.8) is 0 Å². The summed E-state index contributed by atoms with van der Waals surface area (Å²) < 4.78 is 0. The molecular formula is C12H23N5. The van der Waals surface area contributed by atoms with Crippen LogP contribution >= 0.6 is 0 Å². The summed E-state index contributed by atoms with van der Waals surface area (Å²) in [7, 11) is 8.14. The van der Waals surface area contributed by atoms with Gasteiger partial charge in [-0.15, -0.1) is 0 Å². The maximum atomic E-state index is 4.40. The Bertz CT molecular complexity index is 309. The fourth-order valence-electron chi connectivity index (χ4n) is 1.56. The van der Waals surface area contributed by atoms with Gasteiger partial charge in [-0.25, -0.2) is 4.98 Å². The number of hydrogen-bond acceptors (Lipinski definition) is 5. The Balaban J connectivity index is 2.43. The molecule has 1 N–H and O–H groups in total. The second-order valence-electron chi connectivity index (χ2n) is 4.47. The molecule has 0 saturated heterocycles. The highest BCUT2D eigenvalue weighted by molar-refractivity contribution is 5.34. The monoisotopic (exact) mass is 237 g/mol. The predicted molar refractivity (Wildman–Crippen MR) is 71.2 cm³/mol. The molecular weight excluding hydrogens is 214 g/mol. The Hall–Kier alpha value is -1.20. The molecule has 5 heteroatoms. The number of hydrogen-bond donors (Lipinski definition) is 1.